The van der Waals surface area contributed by atoms with Crippen LogP contribution >= 0.6 is 27.5 Å². The van der Waals surface area contributed by atoms with Crippen molar-refractivity contribution in [2.45, 2.75) is 0 Å². The van der Waals surface area contributed by atoms with Crippen LogP contribution in [0.5, 0.6) is 23.0 Å². The second-order valence-electron chi connectivity index (χ2n) is 6.69. The highest BCUT2D eigenvalue weighted by atomic mass is 79.9. The molecule has 34 heavy (non-hydrogen) atoms. The molecule has 0 saturated heterocycles. The minimum atomic E-state index is -0.651. The van der Waals surface area contributed by atoms with Gasteiger partial charge < -0.3 is 18.9 Å². The molecular formula is C24H20BrClN2O6. The number of ether oxygens (including phenoxy) is 4. The van der Waals surface area contributed by atoms with E-state index >= 15 is 0 Å². The molecule has 0 unspecified atom stereocenters. The minimum Gasteiger partial charge on any atom is -0.493 e. The fourth-order valence-electron chi connectivity index (χ4n) is 2.90. The van der Waals surface area contributed by atoms with Gasteiger partial charge in [-0.3, -0.25) is 4.79 Å². The number of amides is 1. The van der Waals surface area contributed by atoms with Crippen LogP contribution in [0.25, 0.3) is 0 Å². The number of benzene rings is 3. The zero-order valence-corrected chi connectivity index (χ0v) is 20.8. The van der Waals surface area contributed by atoms with Crippen molar-refractivity contribution in [2.75, 3.05) is 21.3 Å². The van der Waals surface area contributed by atoms with Gasteiger partial charge in [0, 0.05) is 20.6 Å². The average molecular weight is 548 g/mol. The van der Waals surface area contributed by atoms with E-state index in [-0.39, 0.29) is 11.3 Å². The van der Waals surface area contributed by atoms with Crippen molar-refractivity contribution in [1.82, 2.24) is 5.43 Å². The van der Waals surface area contributed by atoms with Crippen LogP contribution in [0.1, 0.15) is 26.3 Å². The summed E-state index contributed by atoms with van der Waals surface area (Å²) in [6.07, 6.45) is 1.37. The normalized spacial score (nSPS) is 10.6. The molecule has 0 aliphatic heterocycles. The van der Waals surface area contributed by atoms with E-state index in [2.05, 4.69) is 26.5 Å². The first kappa shape index (κ1) is 25.1. The molecule has 3 aromatic rings. The number of esters is 1. The van der Waals surface area contributed by atoms with Gasteiger partial charge in [-0.15, -0.1) is 0 Å². The Morgan fingerprint density at radius 2 is 1.53 bits per heavy atom. The largest absolute Gasteiger partial charge is 0.493 e. The van der Waals surface area contributed by atoms with Gasteiger partial charge in [-0.1, -0.05) is 27.5 Å². The molecule has 10 heteroatoms. The molecule has 0 spiro atoms. The third-order valence-corrected chi connectivity index (χ3v) is 5.30. The Balaban J connectivity index is 1.81. The van der Waals surface area contributed by atoms with Gasteiger partial charge in [-0.2, -0.15) is 5.10 Å². The standard InChI is InChI=1S/C24H20BrClN2O6/c1-31-20-11-15(12-21(32-2)22(20)33-3)24(30)34-19-9-6-17(25)10-16(19)13-27-28-23(29)14-4-7-18(26)8-5-14/h4-13H,1-3H3,(H,28,29)/b27-13+. The van der Waals surface area contributed by atoms with Crippen LogP contribution in [0.2, 0.25) is 5.02 Å². The molecule has 0 aliphatic carbocycles. The van der Waals surface area contributed by atoms with Gasteiger partial charge in [0.05, 0.1) is 33.1 Å². The van der Waals surface area contributed by atoms with E-state index in [1.165, 1.54) is 39.7 Å². The van der Waals surface area contributed by atoms with Crippen molar-refractivity contribution < 1.29 is 28.5 Å². The maximum Gasteiger partial charge on any atom is 0.343 e. The summed E-state index contributed by atoms with van der Waals surface area (Å²) in [5, 5.41) is 4.49. The second kappa shape index (κ2) is 11.5. The molecule has 0 bridgehead atoms. The summed E-state index contributed by atoms with van der Waals surface area (Å²) in [6.45, 7) is 0. The summed E-state index contributed by atoms with van der Waals surface area (Å²) in [5.74, 6) is 0.147. The Morgan fingerprint density at radius 1 is 0.882 bits per heavy atom. The van der Waals surface area contributed by atoms with E-state index in [0.717, 1.165) is 4.47 Å². The Labute approximate surface area is 209 Å². The molecule has 0 saturated carbocycles. The van der Waals surface area contributed by atoms with Crippen LogP contribution in [-0.2, 0) is 0 Å². The summed E-state index contributed by atoms with van der Waals surface area (Å²) in [6, 6.07) is 14.4. The quantitative estimate of drug-likeness (QED) is 0.182. The summed E-state index contributed by atoms with van der Waals surface area (Å²) in [4.78, 5) is 25.1. The highest BCUT2D eigenvalue weighted by molar-refractivity contribution is 9.10. The van der Waals surface area contributed by atoms with Gasteiger partial charge in [-0.25, -0.2) is 10.2 Å². The van der Waals surface area contributed by atoms with Crippen LogP contribution in [0.15, 0.2) is 64.2 Å². The van der Waals surface area contributed by atoms with E-state index in [4.69, 9.17) is 30.5 Å². The van der Waals surface area contributed by atoms with Crippen molar-refractivity contribution in [1.29, 1.82) is 0 Å². The fraction of sp³-hybridized carbons (Fsp3) is 0.125. The van der Waals surface area contributed by atoms with E-state index in [1.54, 1.807) is 42.5 Å². The van der Waals surface area contributed by atoms with E-state index in [0.29, 0.717) is 33.4 Å². The van der Waals surface area contributed by atoms with E-state index < -0.39 is 11.9 Å². The number of halogens is 2. The Hall–Kier alpha value is -3.56. The average Bonchev–Trinajstić information content (AvgIpc) is 2.84. The molecule has 1 N–H and O–H groups in total. The van der Waals surface area contributed by atoms with Gasteiger partial charge in [0.1, 0.15) is 5.75 Å². The summed E-state index contributed by atoms with van der Waals surface area (Å²) >= 11 is 9.22. The Morgan fingerprint density at radius 3 is 2.12 bits per heavy atom. The van der Waals surface area contributed by atoms with Gasteiger partial charge >= 0.3 is 5.97 Å². The van der Waals surface area contributed by atoms with Crippen LogP contribution in [0.3, 0.4) is 0 Å². The molecule has 0 atom stereocenters. The molecule has 0 aromatic heterocycles. The van der Waals surface area contributed by atoms with Crippen LogP contribution in [0, 0.1) is 0 Å². The molecule has 0 aliphatic rings. The minimum absolute atomic E-state index is 0.191. The molecule has 0 radical (unpaired) electrons. The summed E-state index contributed by atoms with van der Waals surface area (Å²) in [7, 11) is 4.37. The molecule has 0 fully saturated rings. The van der Waals surface area contributed by atoms with Gasteiger partial charge in [0.25, 0.3) is 5.91 Å². The van der Waals surface area contributed by atoms with E-state index in [1.807, 2.05) is 0 Å². The van der Waals surface area contributed by atoms with Crippen molar-refractivity contribution in [3.8, 4) is 23.0 Å². The topological polar surface area (TPSA) is 95.5 Å². The monoisotopic (exact) mass is 546 g/mol. The number of hydrogen-bond acceptors (Lipinski definition) is 7. The Bertz CT molecular complexity index is 1210. The van der Waals surface area contributed by atoms with Crippen LogP contribution in [-0.4, -0.2) is 39.4 Å². The number of hydrazone groups is 1. The maximum absolute atomic E-state index is 12.9. The number of nitrogens with zero attached hydrogens (tertiary/aromatic N) is 1. The molecule has 8 nitrogen and oxygen atoms in total. The van der Waals surface area contributed by atoms with Gasteiger partial charge in [0.2, 0.25) is 5.75 Å². The van der Waals surface area contributed by atoms with Gasteiger partial charge in [-0.05, 0) is 54.6 Å². The predicted octanol–water partition coefficient (Wildman–Crippen LogP) is 5.11. The zero-order valence-electron chi connectivity index (χ0n) is 18.4. The summed E-state index contributed by atoms with van der Waals surface area (Å²) < 4.78 is 22.2. The number of carbonyl (C=O) groups excluding carboxylic acids is 2. The van der Waals surface area contributed by atoms with Crippen LogP contribution in [0.4, 0.5) is 0 Å². The lowest BCUT2D eigenvalue weighted by Gasteiger charge is -2.14. The molecule has 0 heterocycles. The smallest absolute Gasteiger partial charge is 0.343 e. The molecule has 176 valence electrons. The third kappa shape index (κ3) is 6.06. The third-order valence-electron chi connectivity index (χ3n) is 4.55. The molecule has 1 amide bonds. The van der Waals surface area contributed by atoms with E-state index in [9.17, 15) is 9.59 Å². The number of rotatable bonds is 8. The zero-order chi connectivity index (χ0) is 24.7. The SMILES string of the molecule is COc1cc(C(=O)Oc2ccc(Br)cc2/C=N/NC(=O)c2ccc(Cl)cc2)cc(OC)c1OC. The lowest BCUT2D eigenvalue weighted by atomic mass is 10.1. The number of hydrogen-bond donors (Lipinski definition) is 1. The highest BCUT2D eigenvalue weighted by Gasteiger charge is 2.19. The van der Waals surface area contributed by atoms with Crippen molar-refractivity contribution >= 4 is 45.6 Å². The summed E-state index contributed by atoms with van der Waals surface area (Å²) in [5.41, 5.74) is 3.46. The van der Waals surface area contributed by atoms with Gasteiger partial charge in [0.15, 0.2) is 11.5 Å². The van der Waals surface area contributed by atoms with Crippen LogP contribution < -0.4 is 24.4 Å². The first-order valence-corrected chi connectivity index (χ1v) is 10.9. The van der Waals surface area contributed by atoms with Crippen molar-refractivity contribution in [2.24, 2.45) is 5.10 Å². The van der Waals surface area contributed by atoms with Crippen molar-refractivity contribution in [3.05, 3.63) is 80.8 Å². The number of carbonyl (C=O) groups is 2. The molecule has 3 aromatic carbocycles. The second-order valence-corrected chi connectivity index (χ2v) is 8.04. The molecular weight excluding hydrogens is 528 g/mol. The highest BCUT2D eigenvalue weighted by Crippen LogP contribution is 2.38. The lowest BCUT2D eigenvalue weighted by Crippen LogP contribution is -2.17. The van der Waals surface area contributed by atoms with Crippen molar-refractivity contribution in [3.63, 3.8) is 0 Å². The molecule has 3 rings (SSSR count). The first-order valence-electron chi connectivity index (χ1n) is 9.77. The fourth-order valence-corrected chi connectivity index (χ4v) is 3.40. The predicted molar refractivity (Wildman–Crippen MR) is 132 cm³/mol. The first-order chi connectivity index (χ1) is 16.4. The maximum atomic E-state index is 12.9. The number of nitrogens with one attached hydrogen (secondary N) is 1. The number of methoxy groups -OCH3 is 3. The lowest BCUT2D eigenvalue weighted by molar-refractivity contribution is 0.0733. The Kier molecular flexibility index (Phi) is 8.50.